The van der Waals surface area contributed by atoms with Gasteiger partial charge in [-0.2, -0.15) is 0 Å². The van der Waals surface area contributed by atoms with Crippen LogP contribution in [0, 0.1) is 5.92 Å². The molecule has 26 heavy (non-hydrogen) atoms. The SMILES string of the molecule is Cl.NCC1CCCN1C(=O)C1CCCN(C(=O)c2ccc(Cl)c(Cl)c2)C1. The Balaban J connectivity index is 0.00000243. The zero-order chi connectivity index (χ0) is 18.0. The number of amides is 2. The summed E-state index contributed by atoms with van der Waals surface area (Å²) >= 11 is 11.9. The number of hydrogen-bond donors (Lipinski definition) is 1. The second-order valence-corrected chi connectivity index (χ2v) is 7.60. The number of carbonyl (C=O) groups excluding carboxylic acids is 2. The van der Waals surface area contributed by atoms with Crippen LogP contribution >= 0.6 is 35.6 Å². The summed E-state index contributed by atoms with van der Waals surface area (Å²) in [7, 11) is 0. The lowest BCUT2D eigenvalue weighted by Gasteiger charge is -2.35. The highest BCUT2D eigenvalue weighted by atomic mass is 35.5. The van der Waals surface area contributed by atoms with Gasteiger partial charge in [0, 0.05) is 37.8 Å². The summed E-state index contributed by atoms with van der Waals surface area (Å²) < 4.78 is 0. The first kappa shape index (κ1) is 21.3. The van der Waals surface area contributed by atoms with E-state index in [9.17, 15) is 9.59 Å². The molecule has 2 aliphatic rings. The Kier molecular flexibility index (Phi) is 7.59. The molecule has 0 bridgehead atoms. The van der Waals surface area contributed by atoms with E-state index in [0.29, 0.717) is 35.2 Å². The fraction of sp³-hybridized carbons (Fsp3) is 0.556. The quantitative estimate of drug-likeness (QED) is 0.816. The van der Waals surface area contributed by atoms with E-state index in [1.54, 1.807) is 23.1 Å². The maximum Gasteiger partial charge on any atom is 0.253 e. The first-order chi connectivity index (χ1) is 12.0. The molecule has 2 saturated heterocycles. The molecule has 0 aliphatic carbocycles. The van der Waals surface area contributed by atoms with Crippen molar-refractivity contribution < 1.29 is 9.59 Å². The van der Waals surface area contributed by atoms with E-state index in [1.165, 1.54) is 0 Å². The molecule has 2 aliphatic heterocycles. The summed E-state index contributed by atoms with van der Waals surface area (Å²) in [6.45, 7) is 2.39. The summed E-state index contributed by atoms with van der Waals surface area (Å²) in [5, 5.41) is 0.784. The average Bonchev–Trinajstić information content (AvgIpc) is 3.11. The van der Waals surface area contributed by atoms with Gasteiger partial charge in [-0.05, 0) is 43.9 Å². The second kappa shape index (κ2) is 9.27. The Morgan fingerprint density at radius 2 is 1.85 bits per heavy atom. The van der Waals surface area contributed by atoms with E-state index in [0.717, 1.165) is 32.2 Å². The smallest absolute Gasteiger partial charge is 0.253 e. The van der Waals surface area contributed by atoms with Crippen molar-refractivity contribution in [2.75, 3.05) is 26.2 Å². The van der Waals surface area contributed by atoms with Gasteiger partial charge in [-0.15, -0.1) is 12.4 Å². The number of nitrogens with zero attached hydrogens (tertiary/aromatic N) is 2. The summed E-state index contributed by atoms with van der Waals surface area (Å²) in [6, 6.07) is 5.03. The van der Waals surface area contributed by atoms with Crippen LogP contribution in [0.2, 0.25) is 10.0 Å². The van der Waals surface area contributed by atoms with Crippen LogP contribution in [0.4, 0.5) is 0 Å². The van der Waals surface area contributed by atoms with Gasteiger partial charge in [0.1, 0.15) is 0 Å². The molecular weight excluding hydrogens is 397 g/mol. The molecule has 2 N–H and O–H groups in total. The van der Waals surface area contributed by atoms with Gasteiger partial charge in [0.25, 0.3) is 5.91 Å². The molecule has 144 valence electrons. The fourth-order valence-electron chi connectivity index (χ4n) is 3.78. The van der Waals surface area contributed by atoms with Crippen LogP contribution < -0.4 is 5.73 Å². The van der Waals surface area contributed by atoms with Crippen molar-refractivity contribution in [3.8, 4) is 0 Å². The fourth-order valence-corrected chi connectivity index (χ4v) is 4.08. The third kappa shape index (κ3) is 4.45. The van der Waals surface area contributed by atoms with Gasteiger partial charge in [0.2, 0.25) is 5.91 Å². The molecule has 8 heteroatoms. The maximum absolute atomic E-state index is 12.9. The van der Waals surface area contributed by atoms with E-state index in [-0.39, 0.29) is 36.2 Å². The van der Waals surface area contributed by atoms with Crippen LogP contribution in [0.3, 0.4) is 0 Å². The molecule has 0 saturated carbocycles. The zero-order valence-electron chi connectivity index (χ0n) is 14.5. The normalized spacial score (nSPS) is 22.9. The molecule has 5 nitrogen and oxygen atoms in total. The van der Waals surface area contributed by atoms with Crippen molar-refractivity contribution in [2.45, 2.75) is 31.7 Å². The highest BCUT2D eigenvalue weighted by Gasteiger charge is 2.35. The lowest BCUT2D eigenvalue weighted by Crippen LogP contribution is -2.49. The number of likely N-dealkylation sites (tertiary alicyclic amines) is 2. The topological polar surface area (TPSA) is 66.6 Å². The predicted molar refractivity (Wildman–Crippen MR) is 106 cm³/mol. The highest BCUT2D eigenvalue weighted by molar-refractivity contribution is 6.42. The van der Waals surface area contributed by atoms with Gasteiger partial charge in [-0.25, -0.2) is 0 Å². The summed E-state index contributed by atoms with van der Waals surface area (Å²) in [6.07, 6.45) is 3.62. The Hall–Kier alpha value is -1.01. The molecule has 0 spiro atoms. The molecule has 0 aromatic heterocycles. The Morgan fingerprint density at radius 3 is 2.54 bits per heavy atom. The number of halogens is 3. The summed E-state index contributed by atoms with van der Waals surface area (Å²) in [5.41, 5.74) is 6.29. The van der Waals surface area contributed by atoms with Crippen molar-refractivity contribution >= 4 is 47.4 Å². The lowest BCUT2D eigenvalue weighted by molar-refractivity contribution is -0.137. The molecule has 0 radical (unpaired) electrons. The second-order valence-electron chi connectivity index (χ2n) is 6.78. The summed E-state index contributed by atoms with van der Waals surface area (Å²) in [5.74, 6) is -0.111. The first-order valence-corrected chi connectivity index (χ1v) is 9.51. The lowest BCUT2D eigenvalue weighted by atomic mass is 9.95. The molecule has 2 amide bonds. The molecular formula is C18H24Cl3N3O2. The number of benzene rings is 1. The third-order valence-corrected chi connectivity index (χ3v) is 5.90. The molecule has 1 aromatic carbocycles. The number of carbonyl (C=O) groups is 2. The van der Waals surface area contributed by atoms with Gasteiger partial charge in [-0.1, -0.05) is 23.2 Å². The van der Waals surface area contributed by atoms with Gasteiger partial charge in [-0.3, -0.25) is 9.59 Å². The third-order valence-electron chi connectivity index (χ3n) is 5.16. The van der Waals surface area contributed by atoms with Crippen molar-refractivity contribution in [3.05, 3.63) is 33.8 Å². The van der Waals surface area contributed by atoms with Crippen molar-refractivity contribution in [1.29, 1.82) is 0 Å². The molecule has 2 fully saturated rings. The molecule has 2 heterocycles. The van der Waals surface area contributed by atoms with Crippen LogP contribution in [0.5, 0.6) is 0 Å². The van der Waals surface area contributed by atoms with E-state index in [2.05, 4.69) is 0 Å². The van der Waals surface area contributed by atoms with Crippen LogP contribution in [0.1, 0.15) is 36.0 Å². The Bertz CT molecular complexity index is 671. The maximum atomic E-state index is 12.9. The Morgan fingerprint density at radius 1 is 1.12 bits per heavy atom. The van der Waals surface area contributed by atoms with Gasteiger partial charge in [0.05, 0.1) is 16.0 Å². The minimum absolute atomic E-state index is 0. The standard InChI is InChI=1S/C18H23Cl2N3O2.ClH/c19-15-6-5-12(9-16(15)20)17(24)22-7-1-3-13(11-22)18(25)23-8-2-4-14(23)10-21;/h5-6,9,13-14H,1-4,7-8,10-11,21H2;1H. The van der Waals surface area contributed by atoms with Gasteiger partial charge < -0.3 is 15.5 Å². The van der Waals surface area contributed by atoms with Gasteiger partial charge in [0.15, 0.2) is 0 Å². The molecule has 3 rings (SSSR count). The van der Waals surface area contributed by atoms with Gasteiger partial charge >= 0.3 is 0 Å². The molecule has 1 aromatic rings. The van der Waals surface area contributed by atoms with Crippen LogP contribution in [0.15, 0.2) is 18.2 Å². The van der Waals surface area contributed by atoms with Crippen LogP contribution in [0.25, 0.3) is 0 Å². The predicted octanol–water partition coefficient (Wildman–Crippen LogP) is 3.22. The highest BCUT2D eigenvalue weighted by Crippen LogP contribution is 2.27. The first-order valence-electron chi connectivity index (χ1n) is 8.76. The largest absolute Gasteiger partial charge is 0.338 e. The minimum atomic E-state index is -0.146. The zero-order valence-corrected chi connectivity index (χ0v) is 16.8. The minimum Gasteiger partial charge on any atom is -0.338 e. The summed E-state index contributed by atoms with van der Waals surface area (Å²) in [4.78, 5) is 29.3. The Labute approximate surface area is 170 Å². The number of piperidine rings is 1. The van der Waals surface area contributed by atoms with Crippen LogP contribution in [-0.2, 0) is 4.79 Å². The number of hydrogen-bond acceptors (Lipinski definition) is 3. The molecule has 2 unspecified atom stereocenters. The van der Waals surface area contributed by atoms with E-state index in [1.807, 2.05) is 4.90 Å². The van der Waals surface area contributed by atoms with Crippen molar-refractivity contribution in [2.24, 2.45) is 11.7 Å². The van der Waals surface area contributed by atoms with Crippen molar-refractivity contribution in [1.82, 2.24) is 9.80 Å². The van der Waals surface area contributed by atoms with E-state index in [4.69, 9.17) is 28.9 Å². The number of rotatable bonds is 3. The monoisotopic (exact) mass is 419 g/mol. The average molecular weight is 421 g/mol. The van der Waals surface area contributed by atoms with E-state index < -0.39 is 0 Å². The van der Waals surface area contributed by atoms with E-state index >= 15 is 0 Å². The van der Waals surface area contributed by atoms with Crippen molar-refractivity contribution in [3.63, 3.8) is 0 Å². The van der Waals surface area contributed by atoms with Crippen LogP contribution in [-0.4, -0.2) is 53.8 Å². The number of nitrogens with two attached hydrogens (primary N) is 1. The molecule has 2 atom stereocenters.